The van der Waals surface area contributed by atoms with Crippen LogP contribution in [0.4, 0.5) is 0 Å². The lowest BCUT2D eigenvalue weighted by atomic mass is 9.89. The van der Waals surface area contributed by atoms with E-state index in [4.69, 9.17) is 0 Å². The molecule has 0 N–H and O–H groups in total. The van der Waals surface area contributed by atoms with Crippen molar-refractivity contribution in [3.05, 3.63) is 42.1 Å². The highest BCUT2D eigenvalue weighted by Gasteiger charge is 2.20. The zero-order valence-corrected chi connectivity index (χ0v) is 10.5. The molecule has 0 saturated heterocycles. The monoisotopic (exact) mass is 227 g/mol. The number of rotatable bonds is 3. The molecule has 0 aliphatic rings. The molecule has 0 saturated carbocycles. The van der Waals surface area contributed by atoms with Crippen molar-refractivity contribution in [1.29, 1.82) is 0 Å². The highest BCUT2D eigenvalue weighted by molar-refractivity contribution is 6.07. The molecule has 1 heterocycles. The van der Waals surface area contributed by atoms with Gasteiger partial charge in [0.1, 0.15) is 0 Å². The Labute approximate surface area is 102 Å². The maximum absolute atomic E-state index is 12.4. The molecule has 0 spiro atoms. The average Bonchev–Trinajstić information content (AvgIpc) is 2.36. The highest BCUT2D eigenvalue weighted by Crippen LogP contribution is 2.22. The lowest BCUT2D eigenvalue weighted by Crippen LogP contribution is -2.17. The first kappa shape index (κ1) is 11.8. The van der Waals surface area contributed by atoms with Crippen LogP contribution in [0.25, 0.3) is 10.9 Å². The molecule has 0 bridgehead atoms. The number of carbonyl (C=O) groups is 1. The normalized spacial score (nSPS) is 12.9. The Balaban J connectivity index is 2.52. The molecule has 2 heteroatoms. The van der Waals surface area contributed by atoms with Gasteiger partial charge in [-0.25, -0.2) is 0 Å². The fourth-order valence-electron chi connectivity index (χ4n) is 1.85. The molecule has 17 heavy (non-hydrogen) atoms. The van der Waals surface area contributed by atoms with Gasteiger partial charge in [-0.1, -0.05) is 39.0 Å². The van der Waals surface area contributed by atoms with Crippen molar-refractivity contribution >= 4 is 16.7 Å². The van der Waals surface area contributed by atoms with Crippen molar-refractivity contribution in [1.82, 2.24) is 4.98 Å². The van der Waals surface area contributed by atoms with Gasteiger partial charge in [-0.15, -0.1) is 0 Å². The molecule has 0 amide bonds. The number of hydrogen-bond acceptors (Lipinski definition) is 2. The van der Waals surface area contributed by atoms with E-state index in [1.807, 2.05) is 37.3 Å². The maximum Gasteiger partial charge on any atom is 0.168 e. The highest BCUT2D eigenvalue weighted by atomic mass is 16.1. The molecule has 88 valence electrons. The minimum absolute atomic E-state index is 0.0302. The van der Waals surface area contributed by atoms with Gasteiger partial charge in [0.2, 0.25) is 0 Å². The van der Waals surface area contributed by atoms with Gasteiger partial charge in [-0.3, -0.25) is 9.78 Å². The van der Waals surface area contributed by atoms with Gasteiger partial charge in [0.15, 0.2) is 5.78 Å². The lowest BCUT2D eigenvalue weighted by molar-refractivity contribution is 0.0901. The third-order valence-electron chi connectivity index (χ3n) is 3.31. The fraction of sp³-hybridized carbons (Fsp3) is 0.333. The number of carbonyl (C=O) groups excluding carboxylic acids is 1. The molecule has 0 radical (unpaired) electrons. The minimum Gasteiger partial charge on any atom is -0.294 e. The maximum atomic E-state index is 12.4. The molecule has 0 fully saturated rings. The van der Waals surface area contributed by atoms with Crippen molar-refractivity contribution in [2.24, 2.45) is 11.8 Å². The van der Waals surface area contributed by atoms with E-state index in [0.29, 0.717) is 5.92 Å². The Morgan fingerprint density at radius 3 is 2.53 bits per heavy atom. The van der Waals surface area contributed by atoms with Crippen molar-refractivity contribution in [3.8, 4) is 0 Å². The lowest BCUT2D eigenvalue weighted by Gasteiger charge is -2.15. The van der Waals surface area contributed by atoms with Crippen molar-refractivity contribution in [2.45, 2.75) is 20.8 Å². The van der Waals surface area contributed by atoms with E-state index in [1.165, 1.54) is 0 Å². The summed E-state index contributed by atoms with van der Waals surface area (Å²) < 4.78 is 0. The quantitative estimate of drug-likeness (QED) is 0.748. The predicted octanol–water partition coefficient (Wildman–Crippen LogP) is 3.71. The molecular formula is C15H17NO. The van der Waals surface area contributed by atoms with Gasteiger partial charge in [-0.05, 0) is 18.1 Å². The second-order valence-corrected chi connectivity index (χ2v) is 4.78. The molecule has 1 aromatic heterocycles. The minimum atomic E-state index is 0.0302. The molecule has 0 aliphatic carbocycles. The van der Waals surface area contributed by atoms with Gasteiger partial charge in [0, 0.05) is 23.1 Å². The number of hydrogen-bond donors (Lipinski definition) is 0. The number of benzene rings is 1. The van der Waals surface area contributed by atoms with Crippen LogP contribution in [0.3, 0.4) is 0 Å². The predicted molar refractivity (Wildman–Crippen MR) is 70.1 cm³/mol. The van der Waals surface area contributed by atoms with Crippen LogP contribution in [0.2, 0.25) is 0 Å². The van der Waals surface area contributed by atoms with E-state index in [1.54, 1.807) is 6.20 Å². The molecular weight excluding hydrogens is 210 g/mol. The summed E-state index contributed by atoms with van der Waals surface area (Å²) in [5, 5.41) is 1.02. The second-order valence-electron chi connectivity index (χ2n) is 4.78. The van der Waals surface area contributed by atoms with Gasteiger partial charge in [0.05, 0.1) is 5.52 Å². The Bertz CT molecular complexity index is 540. The van der Waals surface area contributed by atoms with Crippen molar-refractivity contribution in [2.75, 3.05) is 0 Å². The van der Waals surface area contributed by atoms with Crippen LogP contribution in [0, 0.1) is 11.8 Å². The number of ketones is 1. The Hall–Kier alpha value is -1.70. The molecule has 0 aliphatic heterocycles. The van der Waals surface area contributed by atoms with Gasteiger partial charge in [-0.2, -0.15) is 0 Å². The molecule has 2 nitrogen and oxygen atoms in total. The summed E-state index contributed by atoms with van der Waals surface area (Å²) in [5.74, 6) is 0.563. The fourth-order valence-corrected chi connectivity index (χ4v) is 1.85. The Morgan fingerprint density at radius 1 is 1.12 bits per heavy atom. The van der Waals surface area contributed by atoms with Gasteiger partial charge < -0.3 is 0 Å². The summed E-state index contributed by atoms with van der Waals surface area (Å²) in [6, 6.07) is 9.65. The summed E-state index contributed by atoms with van der Waals surface area (Å²) in [6.07, 6.45) is 1.74. The SMILES string of the molecule is CC(C)C(C)C(=O)c1cccc2cccnc12. The van der Waals surface area contributed by atoms with Crippen LogP contribution < -0.4 is 0 Å². The Kier molecular flexibility index (Phi) is 3.23. The summed E-state index contributed by atoms with van der Waals surface area (Å²) in [5.41, 5.74) is 1.55. The molecule has 1 atom stereocenters. The number of nitrogens with zero attached hydrogens (tertiary/aromatic N) is 1. The van der Waals surface area contributed by atoms with Gasteiger partial charge in [0.25, 0.3) is 0 Å². The standard InChI is InChI=1S/C15H17NO/c1-10(2)11(3)15(17)13-8-4-6-12-7-5-9-16-14(12)13/h4-11H,1-3H3. The third-order valence-corrected chi connectivity index (χ3v) is 3.31. The molecule has 2 aromatic rings. The number of pyridine rings is 1. The third kappa shape index (κ3) is 2.21. The number of para-hydroxylation sites is 1. The van der Waals surface area contributed by atoms with Crippen LogP contribution in [-0.2, 0) is 0 Å². The van der Waals surface area contributed by atoms with Crippen LogP contribution in [0.15, 0.2) is 36.5 Å². The van der Waals surface area contributed by atoms with E-state index in [-0.39, 0.29) is 11.7 Å². The van der Waals surface area contributed by atoms with E-state index in [2.05, 4.69) is 18.8 Å². The zero-order chi connectivity index (χ0) is 12.4. The summed E-state index contributed by atoms with van der Waals surface area (Å²) in [6.45, 7) is 6.12. The first-order chi connectivity index (χ1) is 8.11. The summed E-state index contributed by atoms with van der Waals surface area (Å²) in [7, 11) is 0. The van der Waals surface area contributed by atoms with E-state index < -0.39 is 0 Å². The van der Waals surface area contributed by atoms with E-state index >= 15 is 0 Å². The largest absolute Gasteiger partial charge is 0.294 e. The number of fused-ring (bicyclic) bond motifs is 1. The van der Waals surface area contributed by atoms with Crippen molar-refractivity contribution in [3.63, 3.8) is 0 Å². The number of aromatic nitrogens is 1. The van der Waals surface area contributed by atoms with Crippen LogP contribution >= 0.6 is 0 Å². The second kappa shape index (κ2) is 4.66. The Morgan fingerprint density at radius 2 is 1.82 bits per heavy atom. The van der Waals surface area contributed by atoms with Gasteiger partial charge >= 0.3 is 0 Å². The first-order valence-corrected chi connectivity index (χ1v) is 5.99. The summed E-state index contributed by atoms with van der Waals surface area (Å²) >= 11 is 0. The first-order valence-electron chi connectivity index (χ1n) is 5.99. The van der Waals surface area contributed by atoms with E-state index in [0.717, 1.165) is 16.5 Å². The van der Waals surface area contributed by atoms with Crippen LogP contribution in [0.5, 0.6) is 0 Å². The number of Topliss-reactive ketones (excluding diaryl/α,β-unsaturated/α-hetero) is 1. The summed E-state index contributed by atoms with van der Waals surface area (Å²) in [4.78, 5) is 16.7. The smallest absolute Gasteiger partial charge is 0.168 e. The van der Waals surface area contributed by atoms with E-state index in [9.17, 15) is 4.79 Å². The molecule has 1 aromatic carbocycles. The zero-order valence-electron chi connectivity index (χ0n) is 10.5. The average molecular weight is 227 g/mol. The van der Waals surface area contributed by atoms with Crippen molar-refractivity contribution < 1.29 is 4.79 Å². The van der Waals surface area contributed by atoms with Crippen LogP contribution in [-0.4, -0.2) is 10.8 Å². The van der Waals surface area contributed by atoms with Crippen LogP contribution in [0.1, 0.15) is 31.1 Å². The molecule has 1 unspecified atom stereocenters. The molecule has 2 rings (SSSR count). The topological polar surface area (TPSA) is 30.0 Å².